The van der Waals surface area contributed by atoms with E-state index < -0.39 is 5.41 Å². The summed E-state index contributed by atoms with van der Waals surface area (Å²) < 4.78 is 0. The average molecular weight is 867 g/mol. The lowest BCUT2D eigenvalue weighted by atomic mass is 9.42. The highest BCUT2D eigenvalue weighted by Gasteiger charge is 2.56. The highest BCUT2D eigenvalue weighted by molar-refractivity contribution is 6.93. The minimum Gasteiger partial charge on any atom is -0.376 e. The second-order valence-electron chi connectivity index (χ2n) is 20.0. The number of fused-ring (bicyclic) bond motifs is 13. The molecule has 3 heterocycles. The van der Waals surface area contributed by atoms with Crippen molar-refractivity contribution in [3.05, 3.63) is 258 Å². The molecule has 14 rings (SSSR count). The summed E-state index contributed by atoms with van der Waals surface area (Å²) in [5, 5.41) is 0. The molecule has 68 heavy (non-hydrogen) atoms. The maximum absolute atomic E-state index is 2.74. The van der Waals surface area contributed by atoms with Crippen molar-refractivity contribution in [1.29, 1.82) is 0 Å². The minimum absolute atomic E-state index is 0.0411. The van der Waals surface area contributed by atoms with Gasteiger partial charge in [0, 0.05) is 33.9 Å². The highest BCUT2D eigenvalue weighted by atomic mass is 15.2. The van der Waals surface area contributed by atoms with Gasteiger partial charge < -0.3 is 9.71 Å². The topological polar surface area (TPSA) is 6.48 Å². The predicted octanol–water partition coefficient (Wildman–Crippen LogP) is 15.4. The molecule has 3 aliphatic heterocycles. The van der Waals surface area contributed by atoms with Gasteiger partial charge in [0.2, 0.25) is 0 Å². The summed E-state index contributed by atoms with van der Waals surface area (Å²) in [6.45, 7) is 6.82. The zero-order valence-electron chi connectivity index (χ0n) is 38.4. The van der Waals surface area contributed by atoms with Crippen LogP contribution in [0.3, 0.4) is 0 Å². The summed E-state index contributed by atoms with van der Waals surface area (Å²) in [5.41, 5.74) is 27.2. The third-order valence-corrected chi connectivity index (χ3v) is 15.4. The molecule has 0 amide bonds. The number of anilines is 5. The van der Waals surface area contributed by atoms with Gasteiger partial charge in [0.25, 0.3) is 0 Å². The van der Waals surface area contributed by atoms with Gasteiger partial charge in [0.15, 0.2) is 0 Å². The zero-order chi connectivity index (χ0) is 45.3. The second kappa shape index (κ2) is 14.4. The number of hydrogen-bond acceptors (Lipinski definition) is 2. The van der Waals surface area contributed by atoms with E-state index in [1.807, 2.05) is 0 Å². The summed E-state index contributed by atoms with van der Waals surface area (Å²) in [6, 6.07) is 87.1. The Balaban J connectivity index is 1.14. The van der Waals surface area contributed by atoms with E-state index in [1.165, 1.54) is 123 Å². The van der Waals surface area contributed by atoms with E-state index in [-0.39, 0.29) is 12.3 Å². The summed E-state index contributed by atoms with van der Waals surface area (Å²) in [6.07, 6.45) is 0. The van der Waals surface area contributed by atoms with Crippen molar-refractivity contribution in [3.63, 3.8) is 0 Å². The Hall–Kier alpha value is -8.14. The average Bonchev–Trinajstić information content (AvgIpc) is 3.69. The van der Waals surface area contributed by atoms with Crippen LogP contribution in [-0.2, 0) is 10.8 Å². The van der Waals surface area contributed by atoms with E-state index in [2.05, 4.69) is 261 Å². The van der Waals surface area contributed by atoms with Gasteiger partial charge in [0.1, 0.15) is 0 Å². The van der Waals surface area contributed by atoms with Crippen molar-refractivity contribution < 1.29 is 0 Å². The Morgan fingerprint density at radius 1 is 0.353 bits per heavy atom. The summed E-state index contributed by atoms with van der Waals surface area (Å²) in [5.74, 6) is 0. The molecule has 0 unspecified atom stereocenters. The fraction of sp³-hybridized carbons (Fsp3) is 0.0769. The Bertz CT molecular complexity index is 3640. The minimum atomic E-state index is -0.511. The van der Waals surface area contributed by atoms with Crippen LogP contribution in [0.15, 0.2) is 231 Å². The monoisotopic (exact) mass is 866 g/mol. The van der Waals surface area contributed by atoms with Crippen LogP contribution in [0.5, 0.6) is 0 Å². The molecule has 10 aromatic rings. The summed E-state index contributed by atoms with van der Waals surface area (Å²) in [4.78, 5) is 5.36. The van der Waals surface area contributed by atoms with Crippen LogP contribution in [0.4, 0.5) is 28.4 Å². The Morgan fingerprint density at radius 3 is 1.59 bits per heavy atom. The van der Waals surface area contributed by atoms with Gasteiger partial charge in [-0.05, 0) is 125 Å². The van der Waals surface area contributed by atoms with Gasteiger partial charge in [-0.3, -0.25) is 0 Å². The summed E-state index contributed by atoms with van der Waals surface area (Å²) in [7, 11) is 0. The first-order valence-corrected chi connectivity index (χ1v) is 24.0. The van der Waals surface area contributed by atoms with Crippen LogP contribution in [0.1, 0.15) is 48.6 Å². The quantitative estimate of drug-likeness (QED) is 0.163. The van der Waals surface area contributed by atoms with Gasteiger partial charge in [-0.15, -0.1) is 0 Å². The fourth-order valence-electron chi connectivity index (χ4n) is 12.4. The van der Waals surface area contributed by atoms with Crippen molar-refractivity contribution >= 4 is 46.2 Å². The Morgan fingerprint density at radius 2 is 0.912 bits per heavy atom. The third kappa shape index (κ3) is 5.36. The number of rotatable bonds is 4. The molecule has 0 bridgehead atoms. The molecule has 1 aliphatic carbocycles. The lowest BCUT2D eigenvalue weighted by Crippen LogP contribution is -2.63. The zero-order valence-corrected chi connectivity index (χ0v) is 38.4. The molecule has 0 atom stereocenters. The molecular formula is C65H47BN2. The first kappa shape index (κ1) is 39.1. The maximum atomic E-state index is 2.74. The van der Waals surface area contributed by atoms with Crippen LogP contribution in [0.2, 0.25) is 0 Å². The predicted molar refractivity (Wildman–Crippen MR) is 286 cm³/mol. The van der Waals surface area contributed by atoms with E-state index in [0.29, 0.717) is 0 Å². The number of benzene rings is 10. The molecular weight excluding hydrogens is 820 g/mol. The van der Waals surface area contributed by atoms with Gasteiger partial charge in [0.05, 0.1) is 11.1 Å². The molecule has 10 aromatic carbocycles. The molecule has 320 valence electrons. The SMILES string of the molecule is CC(C)(C)c1ccc(N2c3cc(-c4ccccc4)ccc3B3c4c(cc(-c5ccccc5)cc42)-c2cccc4c2N3c2ccccc2C42c3ccccc3-c3ccccc32)c(-c2ccccc2)c1. The molecule has 0 N–H and O–H groups in total. The lowest BCUT2D eigenvalue weighted by molar-refractivity contribution is 0.590. The molecule has 0 saturated carbocycles. The molecule has 0 saturated heterocycles. The second-order valence-corrected chi connectivity index (χ2v) is 20.0. The van der Waals surface area contributed by atoms with Crippen molar-refractivity contribution in [2.45, 2.75) is 31.6 Å². The number of nitrogens with zero attached hydrogens (tertiary/aromatic N) is 2. The Kier molecular flexibility index (Phi) is 8.29. The van der Waals surface area contributed by atoms with E-state index in [0.717, 1.165) is 0 Å². The van der Waals surface area contributed by atoms with Crippen LogP contribution in [0, 0.1) is 0 Å². The van der Waals surface area contributed by atoms with Crippen molar-refractivity contribution in [2.75, 3.05) is 9.71 Å². The molecule has 1 spiro atoms. The van der Waals surface area contributed by atoms with Crippen LogP contribution < -0.4 is 20.6 Å². The van der Waals surface area contributed by atoms with Gasteiger partial charge in [-0.1, -0.05) is 215 Å². The molecule has 3 heteroatoms. The molecule has 2 nitrogen and oxygen atoms in total. The van der Waals surface area contributed by atoms with E-state index in [4.69, 9.17) is 0 Å². The highest BCUT2D eigenvalue weighted by Crippen LogP contribution is 2.65. The maximum Gasteiger partial charge on any atom is 0.333 e. The van der Waals surface area contributed by atoms with E-state index in [1.54, 1.807) is 0 Å². The van der Waals surface area contributed by atoms with Crippen molar-refractivity contribution in [1.82, 2.24) is 0 Å². The van der Waals surface area contributed by atoms with Crippen LogP contribution in [0.25, 0.3) is 55.6 Å². The van der Waals surface area contributed by atoms with Crippen molar-refractivity contribution in [2.24, 2.45) is 0 Å². The molecule has 0 aromatic heterocycles. The first-order valence-electron chi connectivity index (χ1n) is 24.0. The van der Waals surface area contributed by atoms with E-state index >= 15 is 0 Å². The van der Waals surface area contributed by atoms with Crippen LogP contribution >= 0.6 is 0 Å². The van der Waals surface area contributed by atoms with Crippen molar-refractivity contribution in [3.8, 4) is 55.6 Å². The van der Waals surface area contributed by atoms with E-state index in [9.17, 15) is 0 Å². The standard InChI is InChI=1S/C65H47BN2/c1-64(2,3)47-35-37-58(51(41-47)44-24-11-6-12-25-44)67-60-39-45(42-20-7-4-8-21-42)34-36-57(60)66-62-52(38-46(40-61(62)67)43-22-9-5-10-23-43)50-28-19-32-56-63(50)68(66)59-33-18-17-31-55(59)65(56)53-29-15-13-26-48(53)49-27-14-16-30-54(49)65/h4-41H,1-3H3. The normalized spacial score (nSPS) is 14.1. The lowest BCUT2D eigenvalue weighted by Gasteiger charge is -2.52. The molecule has 4 aliphatic rings. The van der Waals surface area contributed by atoms with Gasteiger partial charge in [-0.2, -0.15) is 0 Å². The van der Waals surface area contributed by atoms with Gasteiger partial charge in [-0.25, -0.2) is 0 Å². The molecule has 0 radical (unpaired) electrons. The number of hydrogen-bond donors (Lipinski definition) is 0. The smallest absolute Gasteiger partial charge is 0.333 e. The fourth-order valence-corrected chi connectivity index (χ4v) is 12.4. The largest absolute Gasteiger partial charge is 0.376 e. The first-order chi connectivity index (χ1) is 33.4. The molecule has 0 fully saturated rings. The van der Waals surface area contributed by atoms with Gasteiger partial charge >= 0.3 is 6.85 Å². The Labute approximate surface area is 399 Å². The summed E-state index contributed by atoms with van der Waals surface area (Å²) >= 11 is 0. The number of para-hydroxylation sites is 2. The van der Waals surface area contributed by atoms with Crippen LogP contribution in [-0.4, -0.2) is 6.85 Å². The third-order valence-electron chi connectivity index (χ3n) is 15.4.